The molecule has 15 nitrogen and oxygen atoms in total. The summed E-state index contributed by atoms with van der Waals surface area (Å²) < 4.78 is 44.2. The van der Waals surface area contributed by atoms with Crippen LogP contribution in [0.3, 0.4) is 0 Å². The average Bonchev–Trinajstić information content (AvgIpc) is 3.24. The van der Waals surface area contributed by atoms with E-state index in [1.807, 2.05) is 0 Å². The third kappa shape index (κ3) is 7.62. The summed E-state index contributed by atoms with van der Waals surface area (Å²) in [5, 5.41) is 40.1. The lowest BCUT2D eigenvalue weighted by atomic mass is 9.44. The summed E-state index contributed by atoms with van der Waals surface area (Å²) in [5.74, 6) is -7.79. The Bertz CT molecular complexity index is 2340. The zero-order valence-corrected chi connectivity index (χ0v) is 35.5. The summed E-state index contributed by atoms with van der Waals surface area (Å²) in [6.07, 6.45) is -10.9. The molecule has 7 rings (SSSR count). The number of ketones is 1. The molecule has 3 aromatic carbocycles. The average molecular weight is 872 g/mol. The molecule has 16 heteroatoms. The Morgan fingerprint density at radius 2 is 1.46 bits per heavy atom. The molecule has 1 heterocycles. The number of carbonyl (C=O) groups excluding carboxylic acids is 6. The van der Waals surface area contributed by atoms with Crippen molar-refractivity contribution in [3.63, 3.8) is 0 Å². The van der Waals surface area contributed by atoms with Crippen molar-refractivity contribution in [1.82, 2.24) is 5.32 Å². The van der Waals surface area contributed by atoms with Crippen LogP contribution < -0.4 is 5.32 Å². The summed E-state index contributed by atoms with van der Waals surface area (Å²) in [7, 11) is 0. The summed E-state index contributed by atoms with van der Waals surface area (Å²) in [4.78, 5) is 83.4. The van der Waals surface area contributed by atoms with E-state index in [-0.39, 0.29) is 40.9 Å². The molecular weight excluding hydrogens is 822 g/mol. The van der Waals surface area contributed by atoms with E-state index in [1.54, 1.807) is 36.4 Å². The molecule has 0 radical (unpaired) electrons. The number of aliphatic hydroxyl groups excluding tert-OH is 2. The number of esters is 4. The number of ether oxygens (including phenoxy) is 5. The number of aliphatic hydroxyl groups is 3. The van der Waals surface area contributed by atoms with Crippen LogP contribution in [0.1, 0.15) is 86.7 Å². The third-order valence-corrected chi connectivity index (χ3v) is 13.6. The van der Waals surface area contributed by atoms with Crippen LogP contribution in [0.25, 0.3) is 0 Å². The predicted octanol–water partition coefficient (Wildman–Crippen LogP) is 3.87. The van der Waals surface area contributed by atoms with Gasteiger partial charge >= 0.3 is 23.9 Å². The van der Waals surface area contributed by atoms with Crippen molar-refractivity contribution in [2.75, 3.05) is 6.61 Å². The van der Waals surface area contributed by atoms with Gasteiger partial charge in [0.2, 0.25) is 0 Å². The summed E-state index contributed by atoms with van der Waals surface area (Å²) in [5.41, 5.74) is -7.58. The Hall–Kier alpha value is -5.81. The molecule has 1 aliphatic heterocycles. The zero-order valence-electron chi connectivity index (χ0n) is 35.5. The number of benzene rings is 3. The number of hydrogen-bond donors (Lipinski definition) is 4. The van der Waals surface area contributed by atoms with Gasteiger partial charge in [0.05, 0.1) is 35.6 Å². The Labute approximate surface area is 362 Å². The number of carbonyl (C=O) groups is 6. The van der Waals surface area contributed by atoms with E-state index >= 15 is 4.79 Å². The molecule has 0 aromatic heterocycles. The maximum Gasteiger partial charge on any atom is 0.338 e. The molecule has 4 N–H and O–H groups in total. The van der Waals surface area contributed by atoms with Crippen LogP contribution in [0.15, 0.2) is 96.1 Å². The second-order valence-corrected chi connectivity index (χ2v) is 17.5. The molecular formula is C47H50FNO14. The van der Waals surface area contributed by atoms with Gasteiger partial charge in [-0.2, -0.15) is 0 Å². The lowest BCUT2D eigenvalue weighted by Crippen LogP contribution is -2.82. The summed E-state index contributed by atoms with van der Waals surface area (Å²) in [6.45, 7) is 7.79. The van der Waals surface area contributed by atoms with Crippen LogP contribution in [-0.4, -0.2) is 105 Å². The molecule has 0 spiro atoms. The topological polar surface area (TPSA) is 221 Å². The van der Waals surface area contributed by atoms with Crippen molar-refractivity contribution in [2.24, 2.45) is 16.7 Å². The van der Waals surface area contributed by atoms with E-state index in [9.17, 15) is 43.7 Å². The lowest BCUT2D eigenvalue weighted by Gasteiger charge is -2.67. The molecule has 334 valence electrons. The maximum atomic E-state index is 15.5. The molecule has 3 aliphatic carbocycles. The fourth-order valence-corrected chi connectivity index (χ4v) is 10.2. The maximum absolute atomic E-state index is 15.5. The van der Waals surface area contributed by atoms with Gasteiger partial charge in [-0.3, -0.25) is 19.2 Å². The van der Waals surface area contributed by atoms with Gasteiger partial charge in [0.1, 0.15) is 29.7 Å². The first kappa shape index (κ1) is 45.2. The highest BCUT2D eigenvalue weighted by Gasteiger charge is 2.78. The number of hydrogen-bond acceptors (Lipinski definition) is 14. The van der Waals surface area contributed by atoms with Crippen LogP contribution in [0.5, 0.6) is 0 Å². The van der Waals surface area contributed by atoms with Crippen molar-refractivity contribution in [3.8, 4) is 0 Å². The quantitative estimate of drug-likeness (QED) is 0.129. The highest BCUT2D eigenvalue weighted by Crippen LogP contribution is 2.64. The summed E-state index contributed by atoms with van der Waals surface area (Å²) in [6, 6.07) is 18.9. The minimum Gasteiger partial charge on any atom is -0.456 e. The second kappa shape index (κ2) is 16.7. The predicted molar refractivity (Wildman–Crippen MR) is 218 cm³/mol. The van der Waals surface area contributed by atoms with E-state index in [0.717, 1.165) is 26.0 Å². The van der Waals surface area contributed by atoms with Crippen LogP contribution in [0, 0.1) is 22.6 Å². The fourth-order valence-electron chi connectivity index (χ4n) is 10.2. The van der Waals surface area contributed by atoms with Crippen molar-refractivity contribution < 1.29 is 72.2 Å². The Balaban J connectivity index is 1.39. The van der Waals surface area contributed by atoms with Crippen molar-refractivity contribution in [2.45, 2.75) is 108 Å². The van der Waals surface area contributed by atoms with Crippen LogP contribution >= 0.6 is 0 Å². The lowest BCUT2D eigenvalue weighted by molar-refractivity contribution is -0.346. The number of rotatable bonds is 10. The minimum absolute atomic E-state index is 0.0441. The zero-order chi connectivity index (χ0) is 45.8. The molecule has 2 saturated carbocycles. The monoisotopic (exact) mass is 871 g/mol. The van der Waals surface area contributed by atoms with Crippen LogP contribution in [-0.2, 0) is 42.9 Å². The van der Waals surface area contributed by atoms with Gasteiger partial charge in [0.25, 0.3) is 5.91 Å². The van der Waals surface area contributed by atoms with E-state index in [4.69, 9.17) is 23.7 Å². The minimum atomic E-state index is -2.44. The van der Waals surface area contributed by atoms with Crippen LogP contribution in [0.2, 0.25) is 0 Å². The second-order valence-electron chi connectivity index (χ2n) is 17.5. The van der Waals surface area contributed by atoms with Crippen LogP contribution in [0.4, 0.5) is 4.39 Å². The smallest absolute Gasteiger partial charge is 0.338 e. The van der Waals surface area contributed by atoms with E-state index in [2.05, 4.69) is 5.32 Å². The highest BCUT2D eigenvalue weighted by atomic mass is 19.1. The Kier molecular flexibility index (Phi) is 12.0. The SMILES string of the molecule is CC(=O)O[C@H]1C(=O)[C@@]2(C)C([C@H](OC(=O)c3ccccc3)[C@]3(O)C[C@H](OC(=O)[C@H](O)[C@H](NC(=O)c4ccccc4)c4ccc(F)cc4)C(C)=C1C3(C)C)[C@]1(OC(C)=O)CO[C@@H]1C[C@@H]2O. The van der Waals surface area contributed by atoms with Gasteiger partial charge in [-0.25, -0.2) is 14.0 Å². The van der Waals surface area contributed by atoms with Gasteiger partial charge in [-0.15, -0.1) is 0 Å². The molecule has 1 unspecified atom stereocenters. The van der Waals surface area contributed by atoms with E-state index < -0.39 is 118 Å². The Morgan fingerprint density at radius 3 is 2.02 bits per heavy atom. The van der Waals surface area contributed by atoms with Gasteiger partial charge < -0.3 is 44.3 Å². The fraction of sp³-hybridized carbons (Fsp3) is 0.447. The number of fused-ring (bicyclic) bond motifs is 5. The van der Waals surface area contributed by atoms with Gasteiger partial charge in [0, 0.05) is 37.7 Å². The van der Waals surface area contributed by atoms with Gasteiger partial charge in [-0.1, -0.05) is 62.4 Å². The van der Waals surface area contributed by atoms with Crippen molar-refractivity contribution in [1.29, 1.82) is 0 Å². The first-order chi connectivity index (χ1) is 29.7. The van der Waals surface area contributed by atoms with E-state index in [0.29, 0.717) is 0 Å². The molecule has 1 amide bonds. The first-order valence-corrected chi connectivity index (χ1v) is 20.6. The van der Waals surface area contributed by atoms with E-state index in [1.165, 1.54) is 64.1 Å². The molecule has 63 heavy (non-hydrogen) atoms. The van der Waals surface area contributed by atoms with Crippen molar-refractivity contribution >= 4 is 35.6 Å². The van der Waals surface area contributed by atoms with Gasteiger partial charge in [0.15, 0.2) is 23.6 Å². The normalized spacial score (nSPS) is 31.6. The van der Waals surface area contributed by atoms with Crippen molar-refractivity contribution in [3.05, 3.63) is 119 Å². The molecule has 1 saturated heterocycles. The largest absolute Gasteiger partial charge is 0.456 e. The number of nitrogens with one attached hydrogen (secondary N) is 1. The first-order valence-electron chi connectivity index (χ1n) is 20.6. The molecule has 2 bridgehead atoms. The number of Topliss-reactive ketones (excluding diaryl/α,β-unsaturated/α-hetero) is 1. The molecule has 3 aromatic rings. The number of amides is 1. The standard InChI is InChI=1S/C47H50FNO14/c1-24-31(61-43(57)36(53)35(27-17-19-30(48)20-18-27)49-41(55)28-13-9-7-10-14-28)22-47(58)40(62-42(56)29-15-11-8-12-16-29)38-45(6,32(52)21-33-46(38,23-59-33)63-26(3)51)39(54)37(60-25(2)50)34(24)44(47,4)5/h7-20,31-33,35-38,40,52-53,58H,21-23H2,1-6H3,(H,49,55)/t31-,32-,33+,35+,36+,37+,38?,40-,45+,46-,47+/m0/s1. The molecule has 4 aliphatic rings. The molecule has 3 fully saturated rings. The highest BCUT2D eigenvalue weighted by molar-refractivity contribution is 5.96. The Morgan fingerprint density at radius 1 is 0.857 bits per heavy atom. The van der Waals surface area contributed by atoms with Gasteiger partial charge in [-0.05, 0) is 67.0 Å². The third-order valence-electron chi connectivity index (χ3n) is 13.6. The molecule has 11 atom stereocenters. The number of halogens is 1. The summed E-state index contributed by atoms with van der Waals surface area (Å²) >= 11 is 0.